The van der Waals surface area contributed by atoms with Gasteiger partial charge in [0, 0.05) is 18.7 Å². The van der Waals surface area contributed by atoms with Crippen LogP contribution < -0.4 is 15.0 Å². The Balaban J connectivity index is 1.84. The van der Waals surface area contributed by atoms with Gasteiger partial charge >= 0.3 is 0 Å². The third-order valence-electron chi connectivity index (χ3n) is 4.32. The lowest BCUT2D eigenvalue weighted by molar-refractivity contribution is -0.127. The van der Waals surface area contributed by atoms with Crippen molar-refractivity contribution < 1.29 is 23.8 Å². The molecule has 2 aromatic carbocycles. The van der Waals surface area contributed by atoms with Gasteiger partial charge in [-0.25, -0.2) is 0 Å². The lowest BCUT2D eigenvalue weighted by Gasteiger charge is -2.30. The van der Waals surface area contributed by atoms with Gasteiger partial charge in [-0.2, -0.15) is 0 Å². The van der Waals surface area contributed by atoms with Crippen LogP contribution in [-0.4, -0.2) is 45.4 Å². The quantitative estimate of drug-likeness (QED) is 0.507. The molecule has 0 saturated heterocycles. The maximum atomic E-state index is 13.1. The van der Waals surface area contributed by atoms with E-state index in [1.807, 2.05) is 30.3 Å². The number of anilines is 1. The SMILES string of the molecule is COC(CNC(=O)CN1C(=O)/C(=C\c2ccccc2Br)Oc2ccccc21)OC. The van der Waals surface area contributed by atoms with Crippen LogP contribution in [-0.2, 0) is 19.1 Å². The second-order valence-electron chi connectivity index (χ2n) is 6.20. The third kappa shape index (κ3) is 5.03. The minimum Gasteiger partial charge on any atom is -0.449 e. The number of rotatable bonds is 7. The van der Waals surface area contributed by atoms with E-state index in [4.69, 9.17) is 14.2 Å². The van der Waals surface area contributed by atoms with Crippen LogP contribution in [0.15, 0.2) is 58.8 Å². The summed E-state index contributed by atoms with van der Waals surface area (Å²) >= 11 is 3.46. The number of ether oxygens (including phenoxy) is 3. The molecular formula is C21H21BrN2O5. The van der Waals surface area contributed by atoms with Gasteiger partial charge in [0.2, 0.25) is 5.91 Å². The molecule has 1 N–H and O–H groups in total. The summed E-state index contributed by atoms with van der Waals surface area (Å²) in [6.45, 7) is 0.0122. The van der Waals surface area contributed by atoms with Crippen LogP contribution in [0.4, 0.5) is 5.69 Å². The Bertz CT molecular complexity index is 927. The van der Waals surface area contributed by atoms with Crippen molar-refractivity contribution in [1.82, 2.24) is 5.32 Å². The van der Waals surface area contributed by atoms with Gasteiger partial charge < -0.3 is 19.5 Å². The van der Waals surface area contributed by atoms with Crippen molar-refractivity contribution >= 4 is 39.5 Å². The van der Waals surface area contributed by atoms with Crippen molar-refractivity contribution in [3.63, 3.8) is 0 Å². The molecule has 0 aliphatic carbocycles. The maximum absolute atomic E-state index is 13.1. The van der Waals surface area contributed by atoms with Crippen molar-refractivity contribution in [2.24, 2.45) is 0 Å². The minimum absolute atomic E-state index is 0.134. The fourth-order valence-corrected chi connectivity index (χ4v) is 3.21. The molecule has 0 unspecified atom stereocenters. The third-order valence-corrected chi connectivity index (χ3v) is 5.04. The number of carbonyl (C=O) groups is 2. The minimum atomic E-state index is -0.558. The molecule has 3 rings (SSSR count). The standard InChI is InChI=1S/C21H21BrN2O5/c1-27-20(28-2)12-23-19(25)13-24-16-9-5-6-10-17(16)29-18(21(24)26)11-14-7-3-4-8-15(14)22/h3-11,20H,12-13H2,1-2H3,(H,23,25)/b18-11+. The van der Waals surface area contributed by atoms with Crippen LogP contribution in [0.2, 0.25) is 0 Å². The van der Waals surface area contributed by atoms with E-state index in [-0.39, 0.29) is 24.8 Å². The van der Waals surface area contributed by atoms with Gasteiger partial charge in [-0.1, -0.05) is 46.3 Å². The molecule has 29 heavy (non-hydrogen) atoms. The predicted octanol–water partition coefficient (Wildman–Crippen LogP) is 2.95. The Labute approximate surface area is 177 Å². The molecule has 8 heteroatoms. The van der Waals surface area contributed by atoms with Gasteiger partial charge in [-0.15, -0.1) is 0 Å². The first-order valence-electron chi connectivity index (χ1n) is 8.90. The molecule has 2 amide bonds. The molecule has 0 radical (unpaired) electrons. The predicted molar refractivity (Wildman–Crippen MR) is 112 cm³/mol. The summed E-state index contributed by atoms with van der Waals surface area (Å²) in [4.78, 5) is 26.9. The van der Waals surface area contributed by atoms with E-state index in [0.717, 1.165) is 10.0 Å². The zero-order chi connectivity index (χ0) is 20.8. The van der Waals surface area contributed by atoms with Crippen LogP contribution >= 0.6 is 15.9 Å². The first kappa shape index (κ1) is 21.0. The number of benzene rings is 2. The van der Waals surface area contributed by atoms with Crippen LogP contribution in [0.1, 0.15) is 5.56 Å². The van der Waals surface area contributed by atoms with E-state index in [0.29, 0.717) is 11.4 Å². The molecular weight excluding hydrogens is 440 g/mol. The first-order valence-corrected chi connectivity index (χ1v) is 9.70. The number of carbonyl (C=O) groups excluding carboxylic acids is 2. The van der Waals surface area contributed by atoms with Crippen LogP contribution in [0.5, 0.6) is 5.75 Å². The lowest BCUT2D eigenvalue weighted by Crippen LogP contribution is -2.45. The number of nitrogens with zero attached hydrogens (tertiary/aromatic N) is 1. The second-order valence-corrected chi connectivity index (χ2v) is 7.05. The average Bonchev–Trinajstić information content (AvgIpc) is 2.73. The Morgan fingerprint density at radius 3 is 2.59 bits per heavy atom. The molecule has 1 aliphatic rings. The van der Waals surface area contributed by atoms with Crippen LogP contribution in [0, 0.1) is 0 Å². The summed E-state index contributed by atoms with van der Waals surface area (Å²) in [5.41, 5.74) is 1.33. The first-order chi connectivity index (χ1) is 14.0. The van der Waals surface area contributed by atoms with Crippen molar-refractivity contribution in [2.45, 2.75) is 6.29 Å². The van der Waals surface area contributed by atoms with Gasteiger partial charge in [0.1, 0.15) is 6.54 Å². The van der Waals surface area contributed by atoms with E-state index >= 15 is 0 Å². The fourth-order valence-electron chi connectivity index (χ4n) is 2.81. The number of hydrogen-bond acceptors (Lipinski definition) is 5. The Morgan fingerprint density at radius 1 is 1.17 bits per heavy atom. The molecule has 2 aromatic rings. The normalized spacial score (nSPS) is 14.7. The van der Waals surface area contributed by atoms with E-state index in [1.165, 1.54) is 19.1 Å². The highest BCUT2D eigenvalue weighted by atomic mass is 79.9. The molecule has 152 valence electrons. The van der Waals surface area contributed by atoms with Crippen molar-refractivity contribution in [3.8, 4) is 5.75 Å². The molecule has 0 saturated carbocycles. The van der Waals surface area contributed by atoms with Gasteiger partial charge in [0.25, 0.3) is 5.91 Å². The molecule has 0 atom stereocenters. The molecule has 7 nitrogen and oxygen atoms in total. The van der Waals surface area contributed by atoms with Gasteiger partial charge in [-0.05, 0) is 29.8 Å². The van der Waals surface area contributed by atoms with E-state index in [1.54, 1.807) is 24.3 Å². The highest BCUT2D eigenvalue weighted by Gasteiger charge is 2.31. The highest BCUT2D eigenvalue weighted by molar-refractivity contribution is 9.10. The number of fused-ring (bicyclic) bond motifs is 1. The van der Waals surface area contributed by atoms with E-state index in [2.05, 4.69) is 21.2 Å². The molecule has 0 fully saturated rings. The zero-order valence-corrected chi connectivity index (χ0v) is 17.6. The van der Waals surface area contributed by atoms with Gasteiger partial charge in [-0.3, -0.25) is 14.5 Å². The summed E-state index contributed by atoms with van der Waals surface area (Å²) in [7, 11) is 2.97. The molecule has 0 spiro atoms. The number of para-hydroxylation sites is 2. The largest absolute Gasteiger partial charge is 0.449 e. The monoisotopic (exact) mass is 460 g/mol. The van der Waals surface area contributed by atoms with Crippen molar-refractivity contribution in [2.75, 3.05) is 32.2 Å². The summed E-state index contributed by atoms with van der Waals surface area (Å²) in [6.07, 6.45) is 1.09. The molecule has 0 bridgehead atoms. The second kappa shape index (κ2) is 9.69. The smallest absolute Gasteiger partial charge is 0.294 e. The number of hydrogen-bond donors (Lipinski definition) is 1. The fraction of sp³-hybridized carbons (Fsp3) is 0.238. The summed E-state index contributed by atoms with van der Waals surface area (Å²) in [6, 6.07) is 14.6. The summed E-state index contributed by atoms with van der Waals surface area (Å²) < 4.78 is 16.8. The molecule has 0 aromatic heterocycles. The number of amides is 2. The van der Waals surface area contributed by atoms with Gasteiger partial charge in [0.05, 0.1) is 12.2 Å². The highest BCUT2D eigenvalue weighted by Crippen LogP contribution is 2.35. The Kier molecular flexibility index (Phi) is 7.03. The van der Waals surface area contributed by atoms with Crippen LogP contribution in [0.25, 0.3) is 6.08 Å². The summed E-state index contributed by atoms with van der Waals surface area (Å²) in [5, 5.41) is 2.71. The van der Waals surface area contributed by atoms with Crippen LogP contribution in [0.3, 0.4) is 0 Å². The molecule has 1 heterocycles. The average molecular weight is 461 g/mol. The number of nitrogens with one attached hydrogen (secondary N) is 1. The van der Waals surface area contributed by atoms with Crippen molar-refractivity contribution in [3.05, 3.63) is 64.3 Å². The zero-order valence-electron chi connectivity index (χ0n) is 16.1. The summed E-state index contributed by atoms with van der Waals surface area (Å²) in [5.74, 6) is -0.0982. The number of methoxy groups -OCH3 is 2. The maximum Gasteiger partial charge on any atom is 0.294 e. The van der Waals surface area contributed by atoms with Gasteiger partial charge in [0.15, 0.2) is 17.8 Å². The van der Waals surface area contributed by atoms with E-state index < -0.39 is 12.2 Å². The lowest BCUT2D eigenvalue weighted by atomic mass is 10.1. The topological polar surface area (TPSA) is 77.1 Å². The number of halogens is 1. The van der Waals surface area contributed by atoms with Crippen molar-refractivity contribution in [1.29, 1.82) is 0 Å². The van der Waals surface area contributed by atoms with E-state index in [9.17, 15) is 9.59 Å². The Hall–Kier alpha value is -2.68. The Morgan fingerprint density at radius 2 is 1.86 bits per heavy atom. The molecule has 1 aliphatic heterocycles.